The molecule has 0 aromatic heterocycles. The van der Waals surface area contributed by atoms with Gasteiger partial charge in [0.25, 0.3) is 0 Å². The normalized spacial score (nSPS) is 34.4. The standard InChI is InChI=1S/C13H20N2O/c1-4-13(2)10-14(11-15(13,3)16)12-8-6-5-7-9-12/h5-9H,4,10-11H2,1-3H3. The maximum atomic E-state index is 12.5. The van der Waals surface area contributed by atoms with Gasteiger partial charge in [0.05, 0.1) is 13.6 Å². The van der Waals surface area contributed by atoms with Crippen molar-refractivity contribution in [3.05, 3.63) is 35.5 Å². The molecule has 1 aromatic carbocycles. The van der Waals surface area contributed by atoms with E-state index in [1.807, 2.05) is 18.2 Å². The van der Waals surface area contributed by atoms with Gasteiger partial charge in [-0.2, -0.15) is 0 Å². The quantitative estimate of drug-likeness (QED) is 0.565. The first-order chi connectivity index (χ1) is 7.48. The van der Waals surface area contributed by atoms with Crippen LogP contribution in [0.5, 0.6) is 0 Å². The van der Waals surface area contributed by atoms with Crippen LogP contribution >= 0.6 is 0 Å². The lowest BCUT2D eigenvalue weighted by atomic mass is 9.98. The van der Waals surface area contributed by atoms with Crippen LogP contribution < -0.4 is 4.90 Å². The molecule has 0 bridgehead atoms. The summed E-state index contributed by atoms with van der Waals surface area (Å²) >= 11 is 0. The molecule has 3 heteroatoms. The van der Waals surface area contributed by atoms with E-state index in [0.29, 0.717) is 6.67 Å². The molecule has 0 spiro atoms. The predicted molar refractivity (Wildman–Crippen MR) is 66.9 cm³/mol. The molecule has 1 fully saturated rings. The molecule has 88 valence electrons. The van der Waals surface area contributed by atoms with Crippen LogP contribution in [-0.4, -0.2) is 30.4 Å². The second-order valence-electron chi connectivity index (χ2n) is 5.13. The Hall–Kier alpha value is -1.06. The number of likely N-dealkylation sites (N-methyl/N-ethyl adjacent to an activating group) is 1. The van der Waals surface area contributed by atoms with Crippen molar-refractivity contribution in [3.63, 3.8) is 0 Å². The minimum atomic E-state index is -0.185. The zero-order valence-corrected chi connectivity index (χ0v) is 10.3. The van der Waals surface area contributed by atoms with E-state index in [1.54, 1.807) is 7.05 Å². The molecule has 0 radical (unpaired) electrons. The van der Waals surface area contributed by atoms with Crippen LogP contribution in [0, 0.1) is 5.21 Å². The fourth-order valence-corrected chi connectivity index (χ4v) is 2.37. The van der Waals surface area contributed by atoms with Gasteiger partial charge in [0.1, 0.15) is 5.54 Å². The molecule has 1 aromatic rings. The molecular weight excluding hydrogens is 200 g/mol. The van der Waals surface area contributed by atoms with Crippen molar-refractivity contribution < 1.29 is 4.65 Å². The van der Waals surface area contributed by atoms with Gasteiger partial charge >= 0.3 is 0 Å². The summed E-state index contributed by atoms with van der Waals surface area (Å²) in [5.74, 6) is 0. The van der Waals surface area contributed by atoms with Crippen molar-refractivity contribution in [3.8, 4) is 0 Å². The SMILES string of the molecule is CCC1(C)CN(c2ccccc2)C[N+]1(C)[O-]. The van der Waals surface area contributed by atoms with Gasteiger partial charge in [-0.25, -0.2) is 0 Å². The second-order valence-corrected chi connectivity index (χ2v) is 5.13. The number of anilines is 1. The molecular formula is C13H20N2O. The third-order valence-corrected chi connectivity index (χ3v) is 4.00. The Kier molecular flexibility index (Phi) is 2.68. The highest BCUT2D eigenvalue weighted by atomic mass is 16.6. The summed E-state index contributed by atoms with van der Waals surface area (Å²) in [6.45, 7) is 5.58. The van der Waals surface area contributed by atoms with Gasteiger partial charge in [-0.3, -0.25) is 0 Å². The molecule has 2 unspecified atom stereocenters. The number of para-hydroxylation sites is 1. The van der Waals surface area contributed by atoms with Crippen LogP contribution in [0.3, 0.4) is 0 Å². The molecule has 0 saturated carbocycles. The molecule has 1 saturated heterocycles. The smallest absolute Gasteiger partial charge is 0.154 e. The Morgan fingerprint density at radius 1 is 1.38 bits per heavy atom. The first-order valence-electron chi connectivity index (χ1n) is 5.85. The van der Waals surface area contributed by atoms with Crippen molar-refractivity contribution in [2.75, 3.05) is 25.2 Å². The third kappa shape index (κ3) is 1.70. The number of quaternary nitrogens is 1. The van der Waals surface area contributed by atoms with Gasteiger partial charge in [-0.15, -0.1) is 0 Å². The summed E-state index contributed by atoms with van der Waals surface area (Å²) in [6.07, 6.45) is 0.913. The van der Waals surface area contributed by atoms with E-state index in [1.165, 1.54) is 0 Å². The Bertz CT molecular complexity index is 363. The van der Waals surface area contributed by atoms with Gasteiger partial charge in [-0.05, 0) is 19.1 Å². The lowest BCUT2D eigenvalue weighted by Gasteiger charge is -2.46. The van der Waals surface area contributed by atoms with E-state index in [2.05, 4.69) is 30.9 Å². The summed E-state index contributed by atoms with van der Waals surface area (Å²) < 4.78 is -0.168. The molecule has 0 N–H and O–H groups in total. The highest BCUT2D eigenvalue weighted by Crippen LogP contribution is 2.35. The van der Waals surface area contributed by atoms with Gasteiger partial charge < -0.3 is 14.8 Å². The molecule has 1 aliphatic rings. The number of nitrogens with zero attached hydrogens (tertiary/aromatic N) is 2. The van der Waals surface area contributed by atoms with Gasteiger partial charge in [-0.1, -0.05) is 25.1 Å². The lowest BCUT2D eigenvalue weighted by Crippen LogP contribution is -2.52. The summed E-state index contributed by atoms with van der Waals surface area (Å²) in [4.78, 5) is 2.19. The molecule has 1 heterocycles. The van der Waals surface area contributed by atoms with Gasteiger partial charge in [0.15, 0.2) is 6.67 Å². The Balaban J connectivity index is 2.25. The monoisotopic (exact) mass is 220 g/mol. The summed E-state index contributed by atoms with van der Waals surface area (Å²) in [7, 11) is 1.78. The van der Waals surface area contributed by atoms with Crippen LogP contribution in [0.15, 0.2) is 30.3 Å². The molecule has 3 nitrogen and oxygen atoms in total. The fraction of sp³-hybridized carbons (Fsp3) is 0.538. The first-order valence-corrected chi connectivity index (χ1v) is 5.85. The maximum absolute atomic E-state index is 12.5. The van der Waals surface area contributed by atoms with E-state index < -0.39 is 0 Å². The fourth-order valence-electron chi connectivity index (χ4n) is 2.37. The number of benzene rings is 1. The zero-order valence-electron chi connectivity index (χ0n) is 10.3. The highest BCUT2D eigenvalue weighted by molar-refractivity contribution is 5.46. The average Bonchev–Trinajstić information content (AvgIpc) is 2.52. The number of rotatable bonds is 2. The average molecular weight is 220 g/mol. The van der Waals surface area contributed by atoms with Crippen LogP contribution in [0.2, 0.25) is 0 Å². The van der Waals surface area contributed by atoms with E-state index in [9.17, 15) is 5.21 Å². The minimum Gasteiger partial charge on any atom is -0.631 e. The van der Waals surface area contributed by atoms with Crippen LogP contribution in [0.4, 0.5) is 5.69 Å². The van der Waals surface area contributed by atoms with Crippen LogP contribution in [0.1, 0.15) is 20.3 Å². The van der Waals surface area contributed by atoms with Crippen molar-refractivity contribution in [1.82, 2.24) is 0 Å². The Morgan fingerprint density at radius 3 is 2.50 bits per heavy atom. The molecule has 0 aliphatic carbocycles. The maximum Gasteiger partial charge on any atom is 0.154 e. The van der Waals surface area contributed by atoms with E-state index in [-0.39, 0.29) is 10.2 Å². The first kappa shape index (κ1) is 11.4. The largest absolute Gasteiger partial charge is 0.631 e. The summed E-state index contributed by atoms with van der Waals surface area (Å²) in [5.41, 5.74) is 0.968. The van der Waals surface area contributed by atoms with E-state index in [4.69, 9.17) is 0 Å². The zero-order chi connectivity index (χ0) is 11.8. The van der Waals surface area contributed by atoms with Crippen LogP contribution in [-0.2, 0) is 0 Å². The van der Waals surface area contributed by atoms with Gasteiger partial charge in [0, 0.05) is 12.1 Å². The summed E-state index contributed by atoms with van der Waals surface area (Å²) in [6, 6.07) is 10.2. The molecule has 1 aliphatic heterocycles. The van der Waals surface area contributed by atoms with E-state index in [0.717, 1.165) is 18.7 Å². The minimum absolute atomic E-state index is 0.168. The third-order valence-electron chi connectivity index (χ3n) is 4.00. The van der Waals surface area contributed by atoms with Crippen molar-refractivity contribution in [1.29, 1.82) is 0 Å². The van der Waals surface area contributed by atoms with Crippen molar-refractivity contribution >= 4 is 5.69 Å². The van der Waals surface area contributed by atoms with Crippen LogP contribution in [0.25, 0.3) is 0 Å². The topological polar surface area (TPSA) is 26.3 Å². The molecule has 2 atom stereocenters. The molecule has 2 rings (SSSR count). The molecule has 16 heavy (non-hydrogen) atoms. The summed E-state index contributed by atoms with van der Waals surface area (Å²) in [5, 5.41) is 12.5. The number of hydrogen-bond acceptors (Lipinski definition) is 2. The van der Waals surface area contributed by atoms with E-state index >= 15 is 0 Å². The van der Waals surface area contributed by atoms with Gasteiger partial charge in [0.2, 0.25) is 0 Å². The lowest BCUT2D eigenvalue weighted by molar-refractivity contribution is -0.897. The number of hydrogen-bond donors (Lipinski definition) is 0. The predicted octanol–water partition coefficient (Wildman–Crippen LogP) is 2.58. The van der Waals surface area contributed by atoms with Crippen molar-refractivity contribution in [2.24, 2.45) is 0 Å². The van der Waals surface area contributed by atoms with Crippen molar-refractivity contribution in [2.45, 2.75) is 25.8 Å². The number of hydroxylamine groups is 3. The highest BCUT2D eigenvalue weighted by Gasteiger charge is 2.45. The Morgan fingerprint density at radius 2 is 2.00 bits per heavy atom. The Labute approximate surface area is 97.5 Å². The molecule has 0 amide bonds. The second kappa shape index (κ2) is 3.75.